The number of carboxylic acid groups (broad SMARTS) is 1. The zero-order valence-corrected chi connectivity index (χ0v) is 11.8. The Labute approximate surface area is 120 Å². The van der Waals surface area contributed by atoms with Gasteiger partial charge in [0.25, 0.3) is 0 Å². The van der Waals surface area contributed by atoms with E-state index < -0.39 is 11.5 Å². The first-order valence-corrected chi connectivity index (χ1v) is 7.42. The number of thioether (sulfide) groups is 1. The number of aliphatic carboxylic acids is 1. The summed E-state index contributed by atoms with van der Waals surface area (Å²) in [6.07, 6.45) is 0.606. The van der Waals surface area contributed by atoms with Crippen molar-refractivity contribution >= 4 is 35.2 Å². The number of carboxylic acids is 1. The number of nitrogens with one attached hydrogen (secondary N) is 1. The Bertz CT molecular complexity index is 500. The second-order valence-electron chi connectivity index (χ2n) is 4.54. The lowest BCUT2D eigenvalue weighted by atomic mass is 9.98. The monoisotopic (exact) mass is 299 g/mol. The molecule has 4 nitrogen and oxygen atoms in total. The number of benzene rings is 1. The summed E-state index contributed by atoms with van der Waals surface area (Å²) >= 11 is 7.39. The summed E-state index contributed by atoms with van der Waals surface area (Å²) in [6, 6.07) is 7.00. The van der Waals surface area contributed by atoms with E-state index in [1.807, 2.05) is 0 Å². The zero-order chi connectivity index (χ0) is 13.9. The number of carbonyl (C=O) groups excluding carboxylic acids is 1. The Morgan fingerprint density at radius 3 is 2.84 bits per heavy atom. The molecule has 0 saturated carbocycles. The third-order valence-corrected chi connectivity index (χ3v) is 4.49. The van der Waals surface area contributed by atoms with Crippen molar-refractivity contribution in [2.75, 3.05) is 11.5 Å². The van der Waals surface area contributed by atoms with E-state index >= 15 is 0 Å². The predicted molar refractivity (Wildman–Crippen MR) is 75.6 cm³/mol. The Morgan fingerprint density at radius 2 is 2.26 bits per heavy atom. The molecule has 1 atom stereocenters. The minimum atomic E-state index is -1.11. The second kappa shape index (κ2) is 5.84. The van der Waals surface area contributed by atoms with Crippen LogP contribution in [0.15, 0.2) is 24.3 Å². The van der Waals surface area contributed by atoms with Crippen molar-refractivity contribution < 1.29 is 14.7 Å². The van der Waals surface area contributed by atoms with Gasteiger partial charge < -0.3 is 10.4 Å². The van der Waals surface area contributed by atoms with Crippen LogP contribution in [0, 0.1) is 0 Å². The molecular weight excluding hydrogens is 286 g/mol. The van der Waals surface area contributed by atoms with Gasteiger partial charge in [0.1, 0.15) is 5.54 Å². The van der Waals surface area contributed by atoms with Crippen LogP contribution in [-0.2, 0) is 16.0 Å². The lowest BCUT2D eigenvalue weighted by Crippen LogP contribution is -2.55. The Kier molecular flexibility index (Phi) is 4.37. The van der Waals surface area contributed by atoms with Crippen LogP contribution in [-0.4, -0.2) is 34.0 Å². The fourth-order valence-electron chi connectivity index (χ4n) is 2.03. The van der Waals surface area contributed by atoms with Gasteiger partial charge in [-0.2, -0.15) is 11.8 Å². The zero-order valence-electron chi connectivity index (χ0n) is 10.2. The van der Waals surface area contributed by atoms with Gasteiger partial charge in [-0.25, -0.2) is 4.79 Å². The molecular formula is C13H14ClNO3S. The van der Waals surface area contributed by atoms with Gasteiger partial charge in [-0.3, -0.25) is 4.79 Å². The summed E-state index contributed by atoms with van der Waals surface area (Å²) in [5.41, 5.74) is -0.337. The van der Waals surface area contributed by atoms with Crippen LogP contribution in [0.25, 0.3) is 0 Å². The summed E-state index contributed by atoms with van der Waals surface area (Å²) < 4.78 is 0. The van der Waals surface area contributed by atoms with Crippen LogP contribution in [0.5, 0.6) is 0 Å². The van der Waals surface area contributed by atoms with Gasteiger partial charge in [0.15, 0.2) is 0 Å². The molecule has 6 heteroatoms. The highest BCUT2D eigenvalue weighted by atomic mass is 35.5. The first kappa shape index (κ1) is 14.2. The Hall–Kier alpha value is -1.20. The number of hydrogen-bond acceptors (Lipinski definition) is 3. The molecule has 1 amide bonds. The second-order valence-corrected chi connectivity index (χ2v) is 6.09. The van der Waals surface area contributed by atoms with Gasteiger partial charge in [-0.15, -0.1) is 0 Å². The van der Waals surface area contributed by atoms with E-state index in [0.717, 1.165) is 11.3 Å². The molecule has 1 aliphatic heterocycles. The largest absolute Gasteiger partial charge is 0.479 e. The van der Waals surface area contributed by atoms with E-state index in [1.54, 1.807) is 36.0 Å². The normalized spacial score (nSPS) is 22.2. The average molecular weight is 300 g/mol. The maximum atomic E-state index is 12.0. The number of amides is 1. The maximum Gasteiger partial charge on any atom is 0.330 e. The van der Waals surface area contributed by atoms with E-state index in [4.69, 9.17) is 11.6 Å². The van der Waals surface area contributed by atoms with Gasteiger partial charge >= 0.3 is 5.97 Å². The van der Waals surface area contributed by atoms with E-state index in [0.29, 0.717) is 17.2 Å². The van der Waals surface area contributed by atoms with Crippen molar-refractivity contribution in [3.8, 4) is 0 Å². The molecule has 1 saturated heterocycles. The molecule has 1 fully saturated rings. The summed E-state index contributed by atoms with van der Waals surface area (Å²) in [6.45, 7) is 0. The first-order valence-electron chi connectivity index (χ1n) is 5.88. The molecule has 0 bridgehead atoms. The van der Waals surface area contributed by atoms with E-state index in [1.165, 1.54) is 0 Å². The van der Waals surface area contributed by atoms with Crippen molar-refractivity contribution in [2.45, 2.75) is 18.4 Å². The van der Waals surface area contributed by atoms with Gasteiger partial charge in [-0.05, 0) is 29.9 Å². The molecule has 1 aromatic rings. The smallest absolute Gasteiger partial charge is 0.330 e. The lowest BCUT2D eigenvalue weighted by molar-refractivity contribution is -0.146. The number of halogens is 1. The molecule has 1 aromatic carbocycles. The van der Waals surface area contributed by atoms with Crippen LogP contribution in [0.4, 0.5) is 0 Å². The third-order valence-electron chi connectivity index (χ3n) is 3.06. The van der Waals surface area contributed by atoms with Crippen LogP contribution in [0.2, 0.25) is 5.02 Å². The summed E-state index contributed by atoms with van der Waals surface area (Å²) in [5.74, 6) is -0.0722. The van der Waals surface area contributed by atoms with Gasteiger partial charge in [0.2, 0.25) is 5.91 Å². The molecule has 0 radical (unpaired) electrons. The number of hydrogen-bond donors (Lipinski definition) is 2. The molecule has 102 valence electrons. The minimum absolute atomic E-state index is 0.139. The van der Waals surface area contributed by atoms with Crippen molar-refractivity contribution in [2.24, 2.45) is 0 Å². The van der Waals surface area contributed by atoms with Crippen LogP contribution < -0.4 is 5.32 Å². The quantitative estimate of drug-likeness (QED) is 0.892. The highest BCUT2D eigenvalue weighted by molar-refractivity contribution is 7.99. The first-order chi connectivity index (χ1) is 9.02. The van der Waals surface area contributed by atoms with E-state index in [-0.39, 0.29) is 12.3 Å². The van der Waals surface area contributed by atoms with Crippen molar-refractivity contribution in [1.82, 2.24) is 5.32 Å². The maximum absolute atomic E-state index is 12.0. The molecule has 0 spiro atoms. The van der Waals surface area contributed by atoms with Crippen LogP contribution in [0.1, 0.15) is 12.0 Å². The summed E-state index contributed by atoms with van der Waals surface area (Å²) in [5, 5.41) is 12.5. The number of rotatable bonds is 4. The molecule has 1 aliphatic rings. The van der Waals surface area contributed by atoms with Crippen LogP contribution in [0.3, 0.4) is 0 Å². The van der Waals surface area contributed by atoms with Crippen molar-refractivity contribution in [3.63, 3.8) is 0 Å². The van der Waals surface area contributed by atoms with Crippen molar-refractivity contribution in [1.29, 1.82) is 0 Å². The van der Waals surface area contributed by atoms with Gasteiger partial charge in [0.05, 0.1) is 6.42 Å². The highest BCUT2D eigenvalue weighted by Crippen LogP contribution is 2.28. The van der Waals surface area contributed by atoms with Crippen LogP contribution >= 0.6 is 23.4 Å². The molecule has 0 aromatic heterocycles. The molecule has 1 heterocycles. The molecule has 0 aliphatic carbocycles. The topological polar surface area (TPSA) is 66.4 Å². The highest BCUT2D eigenvalue weighted by Gasteiger charge is 2.43. The SMILES string of the molecule is O=C(Cc1cccc(Cl)c1)N[C@]1(C(=O)O)CCSC1. The van der Waals surface area contributed by atoms with Crippen molar-refractivity contribution in [3.05, 3.63) is 34.9 Å². The van der Waals surface area contributed by atoms with E-state index in [2.05, 4.69) is 5.32 Å². The summed E-state index contributed by atoms with van der Waals surface area (Å²) in [4.78, 5) is 23.3. The molecule has 19 heavy (non-hydrogen) atoms. The Balaban J connectivity index is 2.02. The molecule has 0 unspecified atom stereocenters. The number of carbonyl (C=O) groups is 2. The fourth-order valence-corrected chi connectivity index (χ4v) is 3.57. The lowest BCUT2D eigenvalue weighted by Gasteiger charge is -2.24. The van der Waals surface area contributed by atoms with E-state index in [9.17, 15) is 14.7 Å². The summed E-state index contributed by atoms with van der Waals surface area (Å²) in [7, 11) is 0. The predicted octanol–water partition coefficient (Wildman–Crippen LogP) is 1.96. The molecule has 2 N–H and O–H groups in total. The fraction of sp³-hybridized carbons (Fsp3) is 0.385. The standard InChI is InChI=1S/C13H14ClNO3S/c14-10-3-1-2-9(6-10)7-11(16)15-13(12(17)18)4-5-19-8-13/h1-3,6H,4-5,7-8H2,(H,15,16)(H,17,18)/t13-/m1/s1. The third kappa shape index (κ3) is 3.42. The van der Waals surface area contributed by atoms with Gasteiger partial charge in [-0.1, -0.05) is 23.7 Å². The molecule has 2 rings (SSSR count). The average Bonchev–Trinajstić information content (AvgIpc) is 2.78. The minimum Gasteiger partial charge on any atom is -0.479 e. The van der Waals surface area contributed by atoms with Gasteiger partial charge in [0, 0.05) is 10.8 Å². The Morgan fingerprint density at radius 1 is 1.47 bits per heavy atom.